The van der Waals surface area contributed by atoms with Crippen molar-refractivity contribution in [3.05, 3.63) is 24.4 Å². The van der Waals surface area contributed by atoms with Gasteiger partial charge < -0.3 is 4.74 Å². The van der Waals surface area contributed by atoms with Gasteiger partial charge in [0.2, 0.25) is 0 Å². The van der Waals surface area contributed by atoms with Crippen molar-refractivity contribution in [2.75, 3.05) is 6.61 Å². The monoisotopic (exact) mass is 167 g/mol. The highest BCUT2D eigenvalue weighted by atomic mass is 16.5. The molecule has 0 heterocycles. The third-order valence-electron chi connectivity index (χ3n) is 0.948. The molecule has 0 unspecified atom stereocenters. The molecule has 0 N–H and O–H groups in total. The zero-order valence-corrected chi connectivity index (χ0v) is 7.36. The average Bonchev–Trinajstić information content (AvgIpc) is 2.05. The van der Waals surface area contributed by atoms with Gasteiger partial charge in [-0.3, -0.25) is 4.99 Å². The Labute approximate surface area is 72.4 Å². The average molecular weight is 167 g/mol. The van der Waals surface area contributed by atoms with Crippen LogP contribution >= 0.6 is 0 Å². The van der Waals surface area contributed by atoms with Crippen molar-refractivity contribution in [1.82, 2.24) is 0 Å². The molecular formula is C9H13NO2. The summed E-state index contributed by atoms with van der Waals surface area (Å²) >= 11 is 0. The lowest BCUT2D eigenvalue weighted by molar-refractivity contribution is -0.137. The van der Waals surface area contributed by atoms with Crippen molar-refractivity contribution >= 4 is 12.2 Å². The second kappa shape index (κ2) is 7.72. The molecule has 0 saturated carbocycles. The predicted octanol–water partition coefficient (Wildman–Crippen LogP) is 1.71. The van der Waals surface area contributed by atoms with Gasteiger partial charge in [0.15, 0.2) is 0 Å². The summed E-state index contributed by atoms with van der Waals surface area (Å²) in [5, 5.41) is 0. The lowest BCUT2D eigenvalue weighted by atomic mass is 10.5. The van der Waals surface area contributed by atoms with Crippen LogP contribution in [0.25, 0.3) is 0 Å². The molecule has 0 fully saturated rings. The zero-order valence-electron chi connectivity index (χ0n) is 7.36. The fraction of sp³-hybridized carbons (Fsp3) is 0.333. The third kappa shape index (κ3) is 6.74. The van der Waals surface area contributed by atoms with Gasteiger partial charge in [-0.1, -0.05) is 6.08 Å². The maximum atomic E-state index is 10.7. The number of hydrogen-bond donors (Lipinski definition) is 0. The molecule has 0 atom stereocenters. The van der Waals surface area contributed by atoms with E-state index in [1.54, 1.807) is 19.2 Å². The normalized spacial score (nSPS) is 11.8. The molecule has 0 aromatic carbocycles. The number of allylic oxidation sites excluding steroid dienone is 2. The zero-order chi connectivity index (χ0) is 9.23. The number of rotatable bonds is 4. The number of aliphatic imine (C=N–C) groups is 1. The molecule has 3 nitrogen and oxygen atoms in total. The summed E-state index contributed by atoms with van der Waals surface area (Å²) in [7, 11) is 0. The minimum atomic E-state index is -0.366. The highest BCUT2D eigenvalue weighted by Gasteiger charge is 1.89. The van der Waals surface area contributed by atoms with Crippen molar-refractivity contribution < 1.29 is 9.53 Å². The maximum Gasteiger partial charge on any atom is 0.332 e. The van der Waals surface area contributed by atoms with E-state index in [1.165, 1.54) is 12.3 Å². The SMILES string of the molecule is C/C=C/C=N/C=C/C(=O)OCC. The van der Waals surface area contributed by atoms with Crippen LogP contribution in [0.3, 0.4) is 0 Å². The van der Waals surface area contributed by atoms with Gasteiger partial charge in [0, 0.05) is 18.5 Å². The molecule has 0 aromatic rings. The summed E-state index contributed by atoms with van der Waals surface area (Å²) in [6.07, 6.45) is 7.90. The third-order valence-corrected chi connectivity index (χ3v) is 0.948. The molecule has 0 aliphatic heterocycles. The van der Waals surface area contributed by atoms with E-state index >= 15 is 0 Å². The van der Waals surface area contributed by atoms with Crippen LogP contribution in [0.5, 0.6) is 0 Å². The molecule has 3 heteroatoms. The molecule has 66 valence electrons. The van der Waals surface area contributed by atoms with Gasteiger partial charge in [-0.15, -0.1) is 0 Å². The Bertz CT molecular complexity index is 205. The van der Waals surface area contributed by atoms with Crippen molar-refractivity contribution in [3.8, 4) is 0 Å². The Balaban J connectivity index is 3.67. The second-order valence-electron chi connectivity index (χ2n) is 1.89. The molecule has 12 heavy (non-hydrogen) atoms. The summed E-state index contributed by atoms with van der Waals surface area (Å²) in [6.45, 7) is 4.04. The van der Waals surface area contributed by atoms with E-state index in [9.17, 15) is 4.79 Å². The summed E-state index contributed by atoms with van der Waals surface area (Å²) in [6, 6.07) is 0. The summed E-state index contributed by atoms with van der Waals surface area (Å²) in [5.74, 6) is -0.366. The number of carbonyl (C=O) groups is 1. The summed E-state index contributed by atoms with van der Waals surface area (Å²) < 4.78 is 4.63. The Morgan fingerprint density at radius 3 is 2.92 bits per heavy atom. The van der Waals surface area contributed by atoms with Gasteiger partial charge >= 0.3 is 5.97 Å². The Hall–Kier alpha value is -1.38. The first-order chi connectivity index (χ1) is 5.81. The van der Waals surface area contributed by atoms with E-state index in [-0.39, 0.29) is 5.97 Å². The van der Waals surface area contributed by atoms with Gasteiger partial charge in [-0.25, -0.2) is 4.79 Å². The number of ether oxygens (including phenoxy) is 1. The van der Waals surface area contributed by atoms with Crippen LogP contribution in [-0.4, -0.2) is 18.8 Å². The first-order valence-electron chi connectivity index (χ1n) is 3.79. The molecule has 0 radical (unpaired) electrons. The lowest BCUT2D eigenvalue weighted by Gasteiger charge is -1.91. The standard InChI is InChI=1S/C9H13NO2/c1-3-5-7-10-8-6-9(11)12-4-2/h3,5-8H,4H2,1-2H3/b5-3+,8-6+,10-7+. The number of nitrogens with zero attached hydrogens (tertiary/aromatic N) is 1. The van der Waals surface area contributed by atoms with E-state index in [0.717, 1.165) is 0 Å². The Kier molecular flexibility index (Phi) is 6.84. The molecule has 0 aliphatic carbocycles. The van der Waals surface area contributed by atoms with Gasteiger partial charge in [0.25, 0.3) is 0 Å². The van der Waals surface area contributed by atoms with Gasteiger partial charge in [0.1, 0.15) is 0 Å². The van der Waals surface area contributed by atoms with E-state index in [2.05, 4.69) is 9.73 Å². The van der Waals surface area contributed by atoms with Crippen LogP contribution in [-0.2, 0) is 9.53 Å². The van der Waals surface area contributed by atoms with Gasteiger partial charge in [-0.2, -0.15) is 0 Å². The molecule has 0 aliphatic rings. The predicted molar refractivity (Wildman–Crippen MR) is 49.1 cm³/mol. The quantitative estimate of drug-likeness (QED) is 0.363. The molecule has 0 amide bonds. The van der Waals surface area contributed by atoms with Crippen molar-refractivity contribution in [2.45, 2.75) is 13.8 Å². The number of hydrogen-bond acceptors (Lipinski definition) is 3. The van der Waals surface area contributed by atoms with E-state index in [4.69, 9.17) is 0 Å². The van der Waals surface area contributed by atoms with Crippen LogP contribution < -0.4 is 0 Å². The van der Waals surface area contributed by atoms with Gasteiger partial charge in [-0.05, 0) is 19.9 Å². The van der Waals surface area contributed by atoms with Crippen LogP contribution in [0.15, 0.2) is 29.4 Å². The molecule has 0 bridgehead atoms. The molecule has 0 saturated heterocycles. The maximum absolute atomic E-state index is 10.7. The summed E-state index contributed by atoms with van der Waals surface area (Å²) in [5.41, 5.74) is 0. The first kappa shape index (κ1) is 10.6. The van der Waals surface area contributed by atoms with E-state index < -0.39 is 0 Å². The molecule has 0 aromatic heterocycles. The highest BCUT2D eigenvalue weighted by molar-refractivity contribution is 5.82. The molecule has 0 rings (SSSR count). The van der Waals surface area contributed by atoms with Crippen LogP contribution in [0.1, 0.15) is 13.8 Å². The van der Waals surface area contributed by atoms with Crippen LogP contribution in [0.2, 0.25) is 0 Å². The van der Waals surface area contributed by atoms with Crippen LogP contribution in [0.4, 0.5) is 0 Å². The molecular weight excluding hydrogens is 154 g/mol. The Morgan fingerprint density at radius 2 is 2.33 bits per heavy atom. The lowest BCUT2D eigenvalue weighted by Crippen LogP contribution is -1.98. The number of carbonyl (C=O) groups excluding carboxylic acids is 1. The van der Waals surface area contributed by atoms with Gasteiger partial charge in [0.05, 0.1) is 6.61 Å². The minimum Gasteiger partial charge on any atom is -0.463 e. The summed E-state index contributed by atoms with van der Waals surface area (Å²) in [4.78, 5) is 14.5. The number of esters is 1. The fourth-order valence-corrected chi connectivity index (χ4v) is 0.480. The Morgan fingerprint density at radius 1 is 1.58 bits per heavy atom. The van der Waals surface area contributed by atoms with Crippen molar-refractivity contribution in [1.29, 1.82) is 0 Å². The molecule has 0 spiro atoms. The first-order valence-corrected chi connectivity index (χ1v) is 3.79. The van der Waals surface area contributed by atoms with Crippen LogP contribution in [0, 0.1) is 0 Å². The topological polar surface area (TPSA) is 38.7 Å². The highest BCUT2D eigenvalue weighted by Crippen LogP contribution is 1.81. The van der Waals surface area contributed by atoms with E-state index in [0.29, 0.717) is 6.61 Å². The van der Waals surface area contributed by atoms with Crippen molar-refractivity contribution in [3.63, 3.8) is 0 Å². The minimum absolute atomic E-state index is 0.366. The fourth-order valence-electron chi connectivity index (χ4n) is 0.480. The van der Waals surface area contributed by atoms with Crippen molar-refractivity contribution in [2.24, 2.45) is 4.99 Å². The van der Waals surface area contributed by atoms with E-state index in [1.807, 2.05) is 13.0 Å². The largest absolute Gasteiger partial charge is 0.463 e. The second-order valence-corrected chi connectivity index (χ2v) is 1.89. The smallest absolute Gasteiger partial charge is 0.332 e.